The topological polar surface area (TPSA) is 42.4 Å². The van der Waals surface area contributed by atoms with E-state index < -0.39 is 0 Å². The van der Waals surface area contributed by atoms with Crippen molar-refractivity contribution in [2.24, 2.45) is 0 Å². The molecule has 0 unspecified atom stereocenters. The van der Waals surface area contributed by atoms with E-state index in [9.17, 15) is 0 Å². The Morgan fingerprint density at radius 3 is 2.83 bits per heavy atom. The lowest BCUT2D eigenvalue weighted by Gasteiger charge is -2.05. The van der Waals surface area contributed by atoms with Gasteiger partial charge in [0.15, 0.2) is 0 Å². The molecule has 0 aliphatic heterocycles. The lowest BCUT2D eigenvalue weighted by atomic mass is 10.1. The van der Waals surface area contributed by atoms with Crippen molar-refractivity contribution >= 4 is 27.3 Å². The molecule has 96 valence electrons. The molecule has 3 nitrogen and oxygen atoms in total. The molecule has 1 aromatic carbocycles. The lowest BCUT2D eigenvalue weighted by molar-refractivity contribution is 0.299. The third-order valence-corrected chi connectivity index (χ3v) is 4.24. The molecule has 0 aliphatic rings. The Hall–Kier alpha value is -0.910. The lowest BCUT2D eigenvalue weighted by Crippen LogP contribution is -1.90. The number of aliphatic hydroxyl groups is 1. The Labute approximate surface area is 119 Å². The Bertz CT molecular complexity index is 554. The summed E-state index contributed by atoms with van der Waals surface area (Å²) in [6, 6.07) is 5.92. The third kappa shape index (κ3) is 2.74. The number of hydrogen-bond acceptors (Lipinski definition) is 4. The molecule has 2 aromatic rings. The average molecular weight is 328 g/mol. The number of aliphatic hydroxyl groups excluding tert-OH is 1. The van der Waals surface area contributed by atoms with Gasteiger partial charge < -0.3 is 9.84 Å². The molecule has 5 heteroatoms. The fourth-order valence-electron chi connectivity index (χ4n) is 1.74. The first-order valence-corrected chi connectivity index (χ1v) is 7.17. The van der Waals surface area contributed by atoms with Crippen molar-refractivity contribution in [1.29, 1.82) is 0 Å². The fourth-order valence-corrected chi connectivity index (χ4v) is 3.22. The van der Waals surface area contributed by atoms with Crippen molar-refractivity contribution in [2.45, 2.75) is 13.3 Å². The van der Waals surface area contributed by atoms with Crippen LogP contribution >= 0.6 is 27.3 Å². The van der Waals surface area contributed by atoms with Gasteiger partial charge in [-0.25, -0.2) is 4.98 Å². The van der Waals surface area contributed by atoms with Crippen LogP contribution in [-0.2, 0) is 6.42 Å². The van der Waals surface area contributed by atoms with Gasteiger partial charge in [0.05, 0.1) is 22.3 Å². The second-order valence-corrected chi connectivity index (χ2v) is 5.98. The van der Waals surface area contributed by atoms with Crippen LogP contribution in [-0.4, -0.2) is 23.8 Å². The number of halogens is 1. The van der Waals surface area contributed by atoms with Crippen molar-refractivity contribution in [1.82, 2.24) is 4.98 Å². The molecule has 0 fully saturated rings. The fraction of sp³-hybridized carbons (Fsp3) is 0.308. The minimum atomic E-state index is 0.138. The quantitative estimate of drug-likeness (QED) is 0.935. The molecule has 0 aliphatic carbocycles. The maximum atomic E-state index is 8.95. The smallest absolute Gasteiger partial charge is 0.133 e. The summed E-state index contributed by atoms with van der Waals surface area (Å²) in [5.41, 5.74) is 2.03. The second kappa shape index (κ2) is 5.82. The molecule has 2 rings (SSSR count). The van der Waals surface area contributed by atoms with Crippen LogP contribution in [0.4, 0.5) is 0 Å². The van der Waals surface area contributed by atoms with E-state index in [0.717, 1.165) is 31.4 Å². The Kier molecular flexibility index (Phi) is 4.37. The molecule has 0 saturated carbocycles. The van der Waals surface area contributed by atoms with Gasteiger partial charge in [0.1, 0.15) is 5.75 Å². The van der Waals surface area contributed by atoms with Gasteiger partial charge >= 0.3 is 0 Å². The first-order valence-electron chi connectivity index (χ1n) is 5.56. The predicted octanol–water partition coefficient (Wildman–Crippen LogP) is 3.42. The zero-order valence-electron chi connectivity index (χ0n) is 10.2. The zero-order chi connectivity index (χ0) is 13.1. The molecule has 0 atom stereocenters. The molecule has 0 spiro atoms. The van der Waals surface area contributed by atoms with Crippen LogP contribution in [0.5, 0.6) is 5.75 Å². The maximum absolute atomic E-state index is 8.95. The number of methoxy groups -OCH3 is 1. The molecular weight excluding hydrogens is 314 g/mol. The zero-order valence-corrected chi connectivity index (χ0v) is 12.6. The summed E-state index contributed by atoms with van der Waals surface area (Å²) in [7, 11) is 1.65. The number of aromatic nitrogens is 1. The highest BCUT2D eigenvalue weighted by molar-refractivity contribution is 9.10. The number of rotatable bonds is 4. The molecular formula is C13H14BrNO2S. The van der Waals surface area contributed by atoms with E-state index in [0.29, 0.717) is 6.42 Å². The summed E-state index contributed by atoms with van der Waals surface area (Å²) in [5.74, 6) is 0.808. The summed E-state index contributed by atoms with van der Waals surface area (Å²) in [6.45, 7) is 2.19. The summed E-state index contributed by atoms with van der Waals surface area (Å²) in [4.78, 5) is 5.73. The number of thiazole rings is 1. The Morgan fingerprint density at radius 1 is 1.44 bits per heavy atom. The van der Waals surface area contributed by atoms with Crippen molar-refractivity contribution in [2.75, 3.05) is 13.7 Å². The first kappa shape index (κ1) is 13.5. The van der Waals surface area contributed by atoms with Gasteiger partial charge in [-0.2, -0.15) is 0 Å². The van der Waals surface area contributed by atoms with Gasteiger partial charge in [0.25, 0.3) is 0 Å². The van der Waals surface area contributed by atoms with E-state index in [-0.39, 0.29) is 6.61 Å². The van der Waals surface area contributed by atoms with Crippen LogP contribution in [0, 0.1) is 6.92 Å². The third-order valence-electron chi connectivity index (χ3n) is 2.59. The average Bonchev–Trinajstić information content (AvgIpc) is 2.71. The van der Waals surface area contributed by atoms with Crippen LogP contribution in [0.3, 0.4) is 0 Å². The second-order valence-electron chi connectivity index (χ2n) is 3.84. The molecule has 0 bridgehead atoms. The van der Waals surface area contributed by atoms with Crippen LogP contribution in [0.1, 0.15) is 9.88 Å². The van der Waals surface area contributed by atoms with E-state index in [1.54, 1.807) is 18.4 Å². The standard InChI is InChI=1S/C13H14BrNO2S/c1-8-13(15-12(18-8)5-6-16)9-3-4-11(17-2)10(14)7-9/h3-4,7,16H,5-6H2,1-2H3. The normalized spacial score (nSPS) is 10.7. The number of nitrogens with zero attached hydrogens (tertiary/aromatic N) is 1. The monoisotopic (exact) mass is 327 g/mol. The van der Waals surface area contributed by atoms with E-state index in [1.807, 2.05) is 25.1 Å². The number of aryl methyl sites for hydroxylation is 1. The minimum Gasteiger partial charge on any atom is -0.496 e. The molecule has 1 aromatic heterocycles. The summed E-state index contributed by atoms with van der Waals surface area (Å²) in [5, 5.41) is 9.91. The Balaban J connectivity index is 2.39. The van der Waals surface area contributed by atoms with E-state index in [4.69, 9.17) is 9.84 Å². The van der Waals surface area contributed by atoms with Gasteiger partial charge in [-0.15, -0.1) is 11.3 Å². The van der Waals surface area contributed by atoms with Crippen LogP contribution in [0.2, 0.25) is 0 Å². The molecule has 0 saturated heterocycles. The van der Waals surface area contributed by atoms with Gasteiger partial charge in [-0.05, 0) is 41.1 Å². The van der Waals surface area contributed by atoms with E-state index in [2.05, 4.69) is 20.9 Å². The van der Waals surface area contributed by atoms with Crippen molar-refractivity contribution < 1.29 is 9.84 Å². The highest BCUT2D eigenvalue weighted by atomic mass is 79.9. The number of benzene rings is 1. The van der Waals surface area contributed by atoms with Crippen LogP contribution in [0.25, 0.3) is 11.3 Å². The highest BCUT2D eigenvalue weighted by Gasteiger charge is 2.11. The van der Waals surface area contributed by atoms with E-state index >= 15 is 0 Å². The van der Waals surface area contributed by atoms with Crippen LogP contribution in [0.15, 0.2) is 22.7 Å². The molecule has 18 heavy (non-hydrogen) atoms. The highest BCUT2D eigenvalue weighted by Crippen LogP contribution is 2.33. The van der Waals surface area contributed by atoms with Gasteiger partial charge in [-0.3, -0.25) is 0 Å². The number of hydrogen-bond donors (Lipinski definition) is 1. The maximum Gasteiger partial charge on any atom is 0.133 e. The van der Waals surface area contributed by atoms with Crippen molar-refractivity contribution in [3.63, 3.8) is 0 Å². The van der Waals surface area contributed by atoms with Gasteiger partial charge in [0.2, 0.25) is 0 Å². The summed E-state index contributed by atoms with van der Waals surface area (Å²) in [6.07, 6.45) is 0.614. The van der Waals surface area contributed by atoms with Crippen molar-refractivity contribution in [3.05, 3.63) is 32.6 Å². The molecule has 0 radical (unpaired) electrons. The van der Waals surface area contributed by atoms with Gasteiger partial charge in [-0.1, -0.05) is 0 Å². The van der Waals surface area contributed by atoms with E-state index in [1.165, 1.54) is 0 Å². The Morgan fingerprint density at radius 2 is 2.22 bits per heavy atom. The molecule has 0 amide bonds. The summed E-state index contributed by atoms with van der Waals surface area (Å²) < 4.78 is 6.13. The molecule has 1 heterocycles. The van der Waals surface area contributed by atoms with Crippen LogP contribution < -0.4 is 4.74 Å². The predicted molar refractivity (Wildman–Crippen MR) is 77.3 cm³/mol. The largest absolute Gasteiger partial charge is 0.496 e. The summed E-state index contributed by atoms with van der Waals surface area (Å²) >= 11 is 5.11. The minimum absolute atomic E-state index is 0.138. The SMILES string of the molecule is COc1ccc(-c2nc(CCO)sc2C)cc1Br. The molecule has 1 N–H and O–H groups in total. The van der Waals surface area contributed by atoms with Crippen molar-refractivity contribution in [3.8, 4) is 17.0 Å². The number of ether oxygens (including phenoxy) is 1. The first-order chi connectivity index (χ1) is 8.65. The van der Waals surface area contributed by atoms with Gasteiger partial charge in [0, 0.05) is 23.5 Å².